The van der Waals surface area contributed by atoms with Gasteiger partial charge in [0.05, 0.1) is 0 Å². The summed E-state index contributed by atoms with van der Waals surface area (Å²) in [6.45, 7) is 1.33. The molecule has 0 aliphatic carbocycles. The summed E-state index contributed by atoms with van der Waals surface area (Å²) < 4.78 is 5.77. The number of thiocarbonyl (C=S) groups is 1. The second kappa shape index (κ2) is 8.18. The smallest absolute Gasteiger partial charge is 0.257 e. The van der Waals surface area contributed by atoms with Gasteiger partial charge in [-0.3, -0.25) is 10.1 Å². The van der Waals surface area contributed by atoms with E-state index in [2.05, 4.69) is 26.6 Å². The van der Waals surface area contributed by atoms with Crippen molar-refractivity contribution in [1.82, 2.24) is 10.6 Å². The van der Waals surface area contributed by atoms with Crippen LogP contribution in [0.15, 0.2) is 28.7 Å². The van der Waals surface area contributed by atoms with Gasteiger partial charge in [0.2, 0.25) is 0 Å². The van der Waals surface area contributed by atoms with Gasteiger partial charge in [-0.05, 0) is 36.8 Å². The van der Waals surface area contributed by atoms with E-state index in [1.807, 2.05) is 6.07 Å². The minimum Gasteiger partial charge on any atom is -0.385 e. The fourth-order valence-corrected chi connectivity index (χ4v) is 1.86. The first-order valence-electron chi connectivity index (χ1n) is 5.47. The van der Waals surface area contributed by atoms with Crippen LogP contribution in [0.4, 0.5) is 0 Å². The van der Waals surface area contributed by atoms with Crippen LogP contribution in [0.5, 0.6) is 0 Å². The molecule has 0 aliphatic rings. The van der Waals surface area contributed by atoms with Crippen LogP contribution in [0.3, 0.4) is 0 Å². The van der Waals surface area contributed by atoms with Crippen LogP contribution in [-0.4, -0.2) is 31.3 Å². The Hall–Kier alpha value is -0.980. The van der Waals surface area contributed by atoms with Gasteiger partial charge in [-0.1, -0.05) is 22.0 Å². The number of carbonyl (C=O) groups is 1. The van der Waals surface area contributed by atoms with Gasteiger partial charge in [0.1, 0.15) is 0 Å². The normalized spacial score (nSPS) is 9.89. The molecule has 0 heterocycles. The molecule has 2 N–H and O–H groups in total. The Kier molecular flexibility index (Phi) is 6.85. The number of hydrogen-bond acceptors (Lipinski definition) is 3. The quantitative estimate of drug-likeness (QED) is 0.641. The van der Waals surface area contributed by atoms with Gasteiger partial charge in [0.15, 0.2) is 5.11 Å². The van der Waals surface area contributed by atoms with Crippen LogP contribution in [0.25, 0.3) is 0 Å². The van der Waals surface area contributed by atoms with Gasteiger partial charge >= 0.3 is 0 Å². The predicted octanol–water partition coefficient (Wildman–Crippen LogP) is 2.09. The molecule has 0 spiro atoms. The molecule has 0 fully saturated rings. The van der Waals surface area contributed by atoms with Gasteiger partial charge in [0, 0.05) is 30.3 Å². The fraction of sp³-hybridized carbons (Fsp3) is 0.333. The van der Waals surface area contributed by atoms with Crippen molar-refractivity contribution in [2.24, 2.45) is 0 Å². The molecule has 18 heavy (non-hydrogen) atoms. The lowest BCUT2D eigenvalue weighted by Crippen LogP contribution is -2.39. The third-order valence-electron chi connectivity index (χ3n) is 2.12. The van der Waals surface area contributed by atoms with E-state index in [4.69, 9.17) is 17.0 Å². The molecule has 1 amide bonds. The Balaban J connectivity index is 2.38. The lowest BCUT2D eigenvalue weighted by atomic mass is 10.2. The number of ether oxygens (including phenoxy) is 1. The van der Waals surface area contributed by atoms with Crippen LogP contribution in [0.2, 0.25) is 0 Å². The second-order valence-corrected chi connectivity index (χ2v) is 4.89. The van der Waals surface area contributed by atoms with Gasteiger partial charge < -0.3 is 10.1 Å². The Labute approximate surface area is 120 Å². The van der Waals surface area contributed by atoms with Crippen molar-refractivity contribution in [3.8, 4) is 0 Å². The van der Waals surface area contributed by atoms with Crippen LogP contribution in [0.1, 0.15) is 16.8 Å². The van der Waals surface area contributed by atoms with E-state index in [1.165, 1.54) is 0 Å². The third-order valence-corrected chi connectivity index (χ3v) is 2.86. The summed E-state index contributed by atoms with van der Waals surface area (Å²) in [6, 6.07) is 7.13. The van der Waals surface area contributed by atoms with Crippen molar-refractivity contribution in [3.05, 3.63) is 34.3 Å². The molecule has 0 unspecified atom stereocenters. The maximum absolute atomic E-state index is 11.8. The molecule has 0 saturated carbocycles. The molecule has 0 radical (unpaired) electrons. The molecule has 0 aromatic heterocycles. The summed E-state index contributed by atoms with van der Waals surface area (Å²) in [6.07, 6.45) is 0.837. The van der Waals surface area contributed by atoms with E-state index >= 15 is 0 Å². The number of benzene rings is 1. The lowest BCUT2D eigenvalue weighted by molar-refractivity contribution is 0.0976. The van der Waals surface area contributed by atoms with Crippen LogP contribution in [0, 0.1) is 0 Å². The first-order valence-corrected chi connectivity index (χ1v) is 6.67. The summed E-state index contributed by atoms with van der Waals surface area (Å²) in [5, 5.41) is 5.89. The van der Waals surface area contributed by atoms with Crippen LogP contribution >= 0.6 is 28.1 Å². The fourth-order valence-electron chi connectivity index (χ4n) is 1.27. The van der Waals surface area contributed by atoms with Gasteiger partial charge in [-0.15, -0.1) is 0 Å². The lowest BCUT2D eigenvalue weighted by Gasteiger charge is -2.09. The molecule has 1 rings (SSSR count). The average molecular weight is 331 g/mol. The summed E-state index contributed by atoms with van der Waals surface area (Å²) in [5.74, 6) is -0.222. The van der Waals surface area contributed by atoms with Gasteiger partial charge in [-0.25, -0.2) is 0 Å². The SMILES string of the molecule is COCCCNC(=S)NC(=O)c1cccc(Br)c1. The molecule has 1 aromatic carbocycles. The van der Waals surface area contributed by atoms with Crippen molar-refractivity contribution < 1.29 is 9.53 Å². The molecule has 1 aromatic rings. The average Bonchev–Trinajstić information content (AvgIpc) is 2.34. The predicted molar refractivity (Wildman–Crippen MR) is 78.7 cm³/mol. The highest BCUT2D eigenvalue weighted by atomic mass is 79.9. The standard InChI is InChI=1S/C12H15BrN2O2S/c1-17-7-3-6-14-12(18)15-11(16)9-4-2-5-10(13)8-9/h2,4-5,8H,3,6-7H2,1H3,(H2,14,15,16,18). The first kappa shape index (κ1) is 15.1. The maximum Gasteiger partial charge on any atom is 0.257 e. The van der Waals surface area contributed by atoms with E-state index in [-0.39, 0.29) is 5.91 Å². The summed E-state index contributed by atoms with van der Waals surface area (Å²) in [5.41, 5.74) is 0.561. The van der Waals surface area contributed by atoms with Gasteiger partial charge in [-0.2, -0.15) is 0 Å². The van der Waals surface area contributed by atoms with Crippen LogP contribution < -0.4 is 10.6 Å². The zero-order valence-electron chi connectivity index (χ0n) is 10.0. The molecule has 98 valence electrons. The molecule has 6 heteroatoms. The zero-order chi connectivity index (χ0) is 13.4. The number of carbonyl (C=O) groups excluding carboxylic acids is 1. The molecule has 0 aliphatic heterocycles. The monoisotopic (exact) mass is 330 g/mol. The minimum atomic E-state index is -0.222. The Morgan fingerprint density at radius 1 is 1.50 bits per heavy atom. The Morgan fingerprint density at radius 2 is 2.28 bits per heavy atom. The highest BCUT2D eigenvalue weighted by Gasteiger charge is 2.07. The van der Waals surface area contributed by atoms with Crippen molar-refractivity contribution in [2.45, 2.75) is 6.42 Å². The van der Waals surface area contributed by atoms with E-state index in [0.29, 0.717) is 23.8 Å². The molecule has 0 atom stereocenters. The summed E-state index contributed by atoms with van der Waals surface area (Å²) >= 11 is 8.33. The van der Waals surface area contributed by atoms with Crippen molar-refractivity contribution in [3.63, 3.8) is 0 Å². The number of amides is 1. The molecular weight excluding hydrogens is 316 g/mol. The van der Waals surface area contributed by atoms with E-state index in [1.54, 1.807) is 25.3 Å². The third kappa shape index (κ3) is 5.57. The van der Waals surface area contributed by atoms with Gasteiger partial charge in [0.25, 0.3) is 5.91 Å². The molecule has 4 nitrogen and oxygen atoms in total. The number of nitrogens with one attached hydrogen (secondary N) is 2. The highest BCUT2D eigenvalue weighted by molar-refractivity contribution is 9.10. The van der Waals surface area contributed by atoms with E-state index < -0.39 is 0 Å². The Morgan fingerprint density at radius 3 is 2.94 bits per heavy atom. The number of rotatable bonds is 5. The second-order valence-electron chi connectivity index (χ2n) is 3.57. The molecule has 0 bridgehead atoms. The number of hydrogen-bond donors (Lipinski definition) is 2. The van der Waals surface area contributed by atoms with E-state index in [0.717, 1.165) is 10.9 Å². The van der Waals surface area contributed by atoms with Crippen LogP contribution in [-0.2, 0) is 4.74 Å². The minimum absolute atomic E-state index is 0.222. The number of halogens is 1. The molecule has 0 saturated heterocycles. The summed E-state index contributed by atoms with van der Waals surface area (Å²) in [4.78, 5) is 11.8. The topological polar surface area (TPSA) is 50.4 Å². The first-order chi connectivity index (χ1) is 8.63. The van der Waals surface area contributed by atoms with Crippen molar-refractivity contribution in [1.29, 1.82) is 0 Å². The zero-order valence-corrected chi connectivity index (χ0v) is 12.4. The van der Waals surface area contributed by atoms with Crippen molar-refractivity contribution >= 4 is 39.2 Å². The summed E-state index contributed by atoms with van der Waals surface area (Å²) in [7, 11) is 1.65. The van der Waals surface area contributed by atoms with E-state index in [9.17, 15) is 4.79 Å². The number of methoxy groups -OCH3 is 1. The highest BCUT2D eigenvalue weighted by Crippen LogP contribution is 2.11. The Bertz CT molecular complexity index is 426. The molecular formula is C12H15BrN2O2S. The largest absolute Gasteiger partial charge is 0.385 e. The van der Waals surface area contributed by atoms with Crippen molar-refractivity contribution in [2.75, 3.05) is 20.3 Å². The maximum atomic E-state index is 11.8.